The Balaban J connectivity index is 1.03. The molecule has 294 valence electrons. The molecule has 1 aliphatic heterocycles. The van der Waals surface area contributed by atoms with Crippen LogP contribution in [0, 0.1) is 0 Å². The minimum Gasteiger partial charge on any atom is -0.493 e. The fourth-order valence-electron chi connectivity index (χ4n) is 5.70. The molecule has 7 rings (SSSR count). The number of carboxylic acids is 1. The van der Waals surface area contributed by atoms with Crippen LogP contribution in [-0.4, -0.2) is 75.2 Å². The van der Waals surface area contributed by atoms with Crippen molar-refractivity contribution in [2.24, 2.45) is 30.4 Å². The molecule has 0 bridgehead atoms. The fourth-order valence-corrected chi connectivity index (χ4v) is 6.36. The first kappa shape index (κ1) is 39.1. The van der Waals surface area contributed by atoms with Gasteiger partial charge < -0.3 is 21.1 Å². The van der Waals surface area contributed by atoms with E-state index < -0.39 is 50.1 Å². The number of Topliss-reactive ketones (excluding diaryl/α,β-unsaturated/α-hetero) is 1. The van der Waals surface area contributed by atoms with E-state index in [1.165, 1.54) is 66.7 Å². The number of para-hydroxylation sites is 1. The van der Waals surface area contributed by atoms with E-state index in [4.69, 9.17) is 5.73 Å². The number of hydrazone groups is 2. The molecule has 0 saturated carbocycles. The number of azo groups is 1. The number of nitrogen functional groups attached to an aromatic ring is 1. The third-order valence-corrected chi connectivity index (χ3v) is 9.51. The summed E-state index contributed by atoms with van der Waals surface area (Å²) in [5.74, 6) is -3.62. The number of aliphatic carboxylic acids is 1. The van der Waals surface area contributed by atoms with Crippen molar-refractivity contribution in [2.75, 3.05) is 16.2 Å². The maximum atomic E-state index is 13.4. The van der Waals surface area contributed by atoms with Crippen LogP contribution in [-0.2, 0) is 19.7 Å². The maximum absolute atomic E-state index is 13.4. The number of rotatable bonds is 11. The lowest BCUT2D eigenvalue weighted by Gasteiger charge is -2.16. The lowest BCUT2D eigenvalue weighted by molar-refractivity contribution is -0.130. The average molecular weight is 812 g/mol. The van der Waals surface area contributed by atoms with E-state index >= 15 is 0 Å². The smallest absolute Gasteiger partial charge is 0.355 e. The van der Waals surface area contributed by atoms with Crippen LogP contribution in [0.3, 0.4) is 0 Å². The third-order valence-electron chi connectivity index (χ3n) is 8.64. The lowest BCUT2D eigenvalue weighted by Crippen LogP contribution is -2.32. The molecule has 1 aliphatic carbocycles. The molecule has 7 N–H and O–H groups in total. The molecule has 1 unspecified atom stereocenters. The number of anilines is 3. The van der Waals surface area contributed by atoms with Gasteiger partial charge in [-0.1, -0.05) is 18.2 Å². The number of aliphatic imine (C=N–C) groups is 2. The molecule has 59 heavy (non-hydrogen) atoms. The number of ketones is 1. The zero-order valence-electron chi connectivity index (χ0n) is 30.1. The van der Waals surface area contributed by atoms with E-state index in [-0.39, 0.29) is 45.5 Å². The van der Waals surface area contributed by atoms with Crippen LogP contribution in [0.5, 0.6) is 0 Å². The Hall–Kier alpha value is -8.16. The molecule has 0 spiro atoms. The summed E-state index contributed by atoms with van der Waals surface area (Å²) in [6.45, 7) is 0. The summed E-state index contributed by atoms with van der Waals surface area (Å²) in [6.07, 6.45) is 1.07. The Morgan fingerprint density at radius 2 is 1.36 bits per heavy atom. The van der Waals surface area contributed by atoms with Crippen molar-refractivity contribution in [3.05, 3.63) is 148 Å². The molecule has 19 heteroatoms. The number of hydrogen-bond donors (Lipinski definition) is 6. The Morgan fingerprint density at radius 1 is 0.763 bits per heavy atom. The fraction of sp³-hybridized carbons (Fsp3) is 0.0250. The number of hydrogen-bond acceptors (Lipinski definition) is 13. The van der Waals surface area contributed by atoms with Crippen molar-refractivity contribution in [3.63, 3.8) is 0 Å². The zero-order valence-corrected chi connectivity index (χ0v) is 31.0. The molecular formula is C40H29N9O9S. The second-order valence-corrected chi connectivity index (χ2v) is 14.0. The third kappa shape index (κ3) is 8.65. The van der Waals surface area contributed by atoms with Crippen LogP contribution in [0.2, 0.25) is 0 Å². The number of allylic oxidation sites excluding steroid dienone is 1. The van der Waals surface area contributed by atoms with Crippen LogP contribution >= 0.6 is 0 Å². The van der Waals surface area contributed by atoms with Crippen LogP contribution in [0.4, 0.5) is 34.1 Å². The minimum atomic E-state index is -4.94. The van der Waals surface area contributed by atoms with E-state index in [0.29, 0.717) is 22.6 Å². The number of fused-ring (bicyclic) bond motifs is 1. The number of aliphatic hydroxyl groups excluding tert-OH is 2. The van der Waals surface area contributed by atoms with Gasteiger partial charge in [-0.25, -0.2) is 14.8 Å². The lowest BCUT2D eigenvalue weighted by atomic mass is 9.94. The molecule has 0 fully saturated rings. The highest BCUT2D eigenvalue weighted by molar-refractivity contribution is 7.91. The van der Waals surface area contributed by atoms with E-state index in [1.54, 1.807) is 54.6 Å². The van der Waals surface area contributed by atoms with Crippen molar-refractivity contribution in [3.8, 4) is 0 Å². The van der Waals surface area contributed by atoms with Crippen LogP contribution in [0.1, 0.15) is 27.0 Å². The van der Waals surface area contributed by atoms with Gasteiger partial charge in [0.05, 0.1) is 28.4 Å². The van der Waals surface area contributed by atoms with Gasteiger partial charge in [0.2, 0.25) is 23.6 Å². The van der Waals surface area contributed by atoms with E-state index in [9.17, 15) is 42.7 Å². The first-order valence-corrected chi connectivity index (χ1v) is 18.6. The standard InChI is InChI=1S/C40H29N9O9S/c41-25-10-6-22(7-11-25)38(52)43-29-18-19-31-24(20-29)21-32(59(56,57)58)33(36(31)50)46-44-27-12-8-23(9-13-27)37(51)42-26-14-16-28(17-15-26)45-47-34-35(40(54)55)48-49(39(34)53)30-4-2-1-3-5-30/h1-21,34,44H,41H2,(H,42,51)(H,43,52)(H,54,55)(H,56,57,58)/b46-33-,47-45?. The highest BCUT2D eigenvalue weighted by Gasteiger charge is 2.41. The normalized spacial score (nSPS) is 16.6. The van der Waals surface area contributed by atoms with Crippen LogP contribution in [0.15, 0.2) is 157 Å². The summed E-state index contributed by atoms with van der Waals surface area (Å²) >= 11 is 0. The number of carboxylic acid groups (broad SMARTS) is 1. The highest BCUT2D eigenvalue weighted by atomic mass is 32.2. The van der Waals surface area contributed by atoms with Gasteiger partial charge in [0.15, 0.2) is 11.4 Å². The number of aliphatic hydroxyl groups is 2. The first-order chi connectivity index (χ1) is 28.2. The van der Waals surface area contributed by atoms with Gasteiger partial charge in [-0.05, 0) is 115 Å². The van der Waals surface area contributed by atoms with Gasteiger partial charge in [0, 0.05) is 22.4 Å². The quantitative estimate of drug-likeness (QED) is 0.0213. The summed E-state index contributed by atoms with van der Waals surface area (Å²) in [6, 6.07) is 29.2. The second kappa shape index (κ2) is 16.1. The average Bonchev–Trinajstić information content (AvgIpc) is 3.56. The Labute approximate surface area is 334 Å². The predicted octanol–water partition coefficient (Wildman–Crippen LogP) is 6.37. The predicted molar refractivity (Wildman–Crippen MR) is 220 cm³/mol. The van der Waals surface area contributed by atoms with Crippen LogP contribution < -0.4 is 16.2 Å². The zero-order chi connectivity index (χ0) is 41.8. The summed E-state index contributed by atoms with van der Waals surface area (Å²) < 4.78 is 34.8. The van der Waals surface area contributed by atoms with Gasteiger partial charge in [-0.3, -0.25) is 19.6 Å². The number of nitrogens with zero attached hydrogens (tertiary/aromatic N) is 7. The van der Waals surface area contributed by atoms with Crippen molar-refractivity contribution >= 4 is 91.2 Å². The van der Waals surface area contributed by atoms with Crippen molar-refractivity contribution in [1.82, 2.24) is 0 Å². The number of nitrogens with two attached hydrogens (primary N) is 1. The second-order valence-electron chi connectivity index (χ2n) is 12.6. The Bertz CT molecular complexity index is 2800. The molecule has 2 aliphatic rings. The molecule has 18 nitrogen and oxygen atoms in total. The van der Waals surface area contributed by atoms with Gasteiger partial charge in [-0.15, -0.1) is 0 Å². The van der Waals surface area contributed by atoms with E-state index in [2.05, 4.69) is 35.8 Å². The number of amides is 1. The van der Waals surface area contributed by atoms with Crippen molar-refractivity contribution in [2.45, 2.75) is 6.04 Å². The molecule has 5 aromatic carbocycles. The summed E-state index contributed by atoms with van der Waals surface area (Å²) in [7, 11) is -4.94. The van der Waals surface area contributed by atoms with E-state index in [0.717, 1.165) is 11.1 Å². The molecule has 5 aromatic rings. The molecular weight excluding hydrogens is 783 g/mol. The number of benzene rings is 5. The summed E-state index contributed by atoms with van der Waals surface area (Å²) in [5, 5.41) is 47.6. The summed E-state index contributed by atoms with van der Waals surface area (Å²) in [5.41, 5.74) is 9.98. The monoisotopic (exact) mass is 811 g/mol. The molecule has 1 atom stereocenters. The SMILES string of the molecule is Nc1ccc(C(O)=Nc2ccc3c(c2)C=C(S(=O)(=O)O)/C(=N/Nc2ccc(C(O)=Nc4ccc(N=NC5C(=O)N(c6ccccc6)N=C5C(=O)O)cc4)cc2)C3=O)cc1. The van der Waals surface area contributed by atoms with Crippen LogP contribution in [0.25, 0.3) is 6.08 Å². The van der Waals surface area contributed by atoms with Crippen molar-refractivity contribution in [1.29, 1.82) is 0 Å². The maximum Gasteiger partial charge on any atom is 0.355 e. The van der Waals surface area contributed by atoms with Gasteiger partial charge >= 0.3 is 5.97 Å². The van der Waals surface area contributed by atoms with Gasteiger partial charge in [-0.2, -0.15) is 33.9 Å². The van der Waals surface area contributed by atoms with Gasteiger partial charge in [0.1, 0.15) is 4.91 Å². The highest BCUT2D eigenvalue weighted by Crippen LogP contribution is 2.30. The van der Waals surface area contributed by atoms with E-state index in [1.807, 2.05) is 0 Å². The number of nitrogens with one attached hydrogen (secondary N) is 1. The Morgan fingerprint density at radius 3 is 1.98 bits per heavy atom. The molecule has 1 amide bonds. The molecule has 0 radical (unpaired) electrons. The summed E-state index contributed by atoms with van der Waals surface area (Å²) in [4.78, 5) is 45.7. The van der Waals surface area contributed by atoms with Crippen molar-refractivity contribution < 1.29 is 42.7 Å². The largest absolute Gasteiger partial charge is 0.493 e. The topological polar surface area (TPSA) is 282 Å². The Kier molecular flexibility index (Phi) is 10.7. The number of carbonyl (C=O) groups excluding carboxylic acids is 2. The van der Waals surface area contributed by atoms with Gasteiger partial charge in [0.25, 0.3) is 16.0 Å². The first-order valence-electron chi connectivity index (χ1n) is 17.2. The number of carbonyl (C=O) groups is 3. The minimum absolute atomic E-state index is 0.0670. The molecule has 0 saturated heterocycles. The molecule has 0 aromatic heterocycles. The molecule has 1 heterocycles.